The fourth-order valence-corrected chi connectivity index (χ4v) is 4.04. The van der Waals surface area contributed by atoms with E-state index in [4.69, 9.17) is 0 Å². The third-order valence-corrected chi connectivity index (χ3v) is 5.38. The van der Waals surface area contributed by atoms with Crippen LogP contribution in [0.5, 0.6) is 0 Å². The van der Waals surface area contributed by atoms with E-state index in [9.17, 15) is 13.9 Å². The Balaban J connectivity index is 1.59. The first-order chi connectivity index (χ1) is 12.0. The highest BCUT2D eigenvalue weighted by atomic mass is 19.1. The van der Waals surface area contributed by atoms with Gasteiger partial charge in [-0.05, 0) is 62.4 Å². The molecular weight excluding hydrogens is 326 g/mol. The summed E-state index contributed by atoms with van der Waals surface area (Å²) in [5, 5.41) is 22.3. The van der Waals surface area contributed by atoms with Gasteiger partial charge in [-0.3, -0.25) is 0 Å². The van der Waals surface area contributed by atoms with E-state index in [-0.39, 0.29) is 6.04 Å². The molecule has 134 valence electrons. The van der Waals surface area contributed by atoms with Gasteiger partial charge in [0, 0.05) is 18.7 Å². The summed E-state index contributed by atoms with van der Waals surface area (Å²) in [6.07, 6.45) is 5.84. The Bertz CT molecular complexity index is 770. The highest BCUT2D eigenvalue weighted by Crippen LogP contribution is 2.34. The number of hydrogen-bond acceptors (Lipinski definition) is 4. The van der Waals surface area contributed by atoms with E-state index in [1.54, 1.807) is 4.68 Å². The fraction of sp³-hybridized carbons (Fsp3) is 0.556. The van der Waals surface area contributed by atoms with E-state index in [0.29, 0.717) is 42.5 Å². The topological polar surface area (TPSA) is 63.0 Å². The first-order valence-electron chi connectivity index (χ1n) is 8.86. The molecule has 0 saturated carbocycles. The highest BCUT2D eigenvalue weighted by molar-refractivity contribution is 5.34. The summed E-state index contributed by atoms with van der Waals surface area (Å²) in [6.45, 7) is 1.58. The number of aromatic nitrogens is 3. The number of rotatable bonds is 3. The summed E-state index contributed by atoms with van der Waals surface area (Å²) in [5.41, 5.74) is 1.19. The number of hydrogen-bond donors (Lipinski definition) is 2. The molecule has 0 bridgehead atoms. The maximum absolute atomic E-state index is 14.1. The maximum atomic E-state index is 14.1. The average molecular weight is 348 g/mol. The largest absolute Gasteiger partial charge is 0.389 e. The number of nitrogens with one attached hydrogen (secondary N) is 1. The van der Waals surface area contributed by atoms with E-state index < -0.39 is 17.2 Å². The first kappa shape index (κ1) is 16.6. The van der Waals surface area contributed by atoms with Gasteiger partial charge in [0.1, 0.15) is 11.6 Å². The standard InChI is InChI=1S/C18H22F2N4O/c19-12-8-15-14(16(20)9-12)2-1-3-17(15)24-11-13(22-23-24)10-18(25)4-6-21-7-5-18/h8-9,11,17,21,25H,1-7,10H2/t17-/m0/s1. The van der Waals surface area contributed by atoms with E-state index in [0.717, 1.165) is 32.0 Å². The minimum atomic E-state index is -0.755. The molecule has 1 aromatic heterocycles. The SMILES string of the molecule is OC1(Cc2cn([C@H]3CCCc4c(F)cc(F)cc43)nn2)CCNCC1. The van der Waals surface area contributed by atoms with Gasteiger partial charge in [0.05, 0.1) is 17.3 Å². The molecule has 2 aliphatic rings. The molecule has 2 N–H and O–H groups in total. The number of nitrogens with zero attached hydrogens (tertiary/aromatic N) is 3. The van der Waals surface area contributed by atoms with Crippen LogP contribution in [0.1, 0.15) is 48.5 Å². The molecule has 1 atom stereocenters. The predicted octanol–water partition coefficient (Wildman–Crippen LogP) is 2.14. The van der Waals surface area contributed by atoms with Crippen molar-refractivity contribution in [1.29, 1.82) is 0 Å². The van der Waals surface area contributed by atoms with Gasteiger partial charge in [-0.15, -0.1) is 5.10 Å². The summed E-state index contributed by atoms with van der Waals surface area (Å²) >= 11 is 0. The number of benzene rings is 1. The molecule has 0 spiro atoms. The molecule has 25 heavy (non-hydrogen) atoms. The smallest absolute Gasteiger partial charge is 0.129 e. The van der Waals surface area contributed by atoms with Crippen molar-refractivity contribution in [2.24, 2.45) is 0 Å². The van der Waals surface area contributed by atoms with Crippen LogP contribution in [0.4, 0.5) is 8.78 Å². The third-order valence-electron chi connectivity index (χ3n) is 5.38. The Morgan fingerprint density at radius 2 is 2.08 bits per heavy atom. The fourth-order valence-electron chi connectivity index (χ4n) is 4.04. The van der Waals surface area contributed by atoms with Crippen LogP contribution in [0.25, 0.3) is 0 Å². The summed E-state index contributed by atoms with van der Waals surface area (Å²) in [7, 11) is 0. The van der Waals surface area contributed by atoms with Crippen molar-refractivity contribution in [1.82, 2.24) is 20.3 Å². The van der Waals surface area contributed by atoms with Gasteiger partial charge < -0.3 is 10.4 Å². The van der Waals surface area contributed by atoms with Crippen LogP contribution >= 0.6 is 0 Å². The van der Waals surface area contributed by atoms with Gasteiger partial charge in [-0.25, -0.2) is 13.5 Å². The van der Waals surface area contributed by atoms with Crippen molar-refractivity contribution in [3.05, 3.63) is 46.8 Å². The van der Waals surface area contributed by atoms with Crippen LogP contribution < -0.4 is 5.32 Å². The Kier molecular flexibility index (Phi) is 4.29. The normalized spacial score (nSPS) is 22.6. The minimum Gasteiger partial charge on any atom is -0.389 e. The van der Waals surface area contributed by atoms with E-state index in [1.807, 2.05) is 6.20 Å². The van der Waals surface area contributed by atoms with Crippen LogP contribution in [-0.4, -0.2) is 38.8 Å². The lowest BCUT2D eigenvalue weighted by atomic mass is 9.87. The second-order valence-corrected chi connectivity index (χ2v) is 7.20. The summed E-state index contributed by atoms with van der Waals surface area (Å²) in [4.78, 5) is 0. The van der Waals surface area contributed by atoms with Gasteiger partial charge in [0.25, 0.3) is 0 Å². The predicted molar refractivity (Wildman–Crippen MR) is 88.2 cm³/mol. The lowest BCUT2D eigenvalue weighted by Gasteiger charge is -2.31. The zero-order chi connectivity index (χ0) is 17.4. The zero-order valence-corrected chi connectivity index (χ0v) is 14.0. The molecule has 0 unspecified atom stereocenters. The van der Waals surface area contributed by atoms with Crippen LogP contribution in [0.3, 0.4) is 0 Å². The molecular formula is C18H22F2N4O. The van der Waals surface area contributed by atoms with E-state index in [2.05, 4.69) is 15.6 Å². The molecule has 1 saturated heterocycles. The Labute approximate surface area is 145 Å². The van der Waals surface area contributed by atoms with Crippen LogP contribution in [0.2, 0.25) is 0 Å². The number of fused-ring (bicyclic) bond motifs is 1. The van der Waals surface area contributed by atoms with Crippen molar-refractivity contribution < 1.29 is 13.9 Å². The summed E-state index contributed by atoms with van der Waals surface area (Å²) in [5.74, 6) is -1.04. The maximum Gasteiger partial charge on any atom is 0.129 e. The Morgan fingerprint density at radius 1 is 1.28 bits per heavy atom. The molecule has 2 aromatic rings. The molecule has 5 nitrogen and oxygen atoms in total. The lowest BCUT2D eigenvalue weighted by Crippen LogP contribution is -2.43. The van der Waals surface area contributed by atoms with E-state index in [1.165, 1.54) is 6.07 Å². The quantitative estimate of drug-likeness (QED) is 0.892. The average Bonchev–Trinajstić information content (AvgIpc) is 3.02. The van der Waals surface area contributed by atoms with Crippen molar-refractivity contribution in [2.75, 3.05) is 13.1 Å². The van der Waals surface area contributed by atoms with Crippen LogP contribution in [0.15, 0.2) is 18.3 Å². The Hall–Kier alpha value is -1.86. The van der Waals surface area contributed by atoms with Gasteiger partial charge >= 0.3 is 0 Å². The molecule has 7 heteroatoms. The molecule has 1 aliphatic carbocycles. The molecule has 1 fully saturated rings. The molecule has 2 heterocycles. The van der Waals surface area contributed by atoms with Gasteiger partial charge in [0.15, 0.2) is 0 Å². The van der Waals surface area contributed by atoms with Crippen molar-refractivity contribution >= 4 is 0 Å². The third kappa shape index (κ3) is 3.30. The molecule has 0 amide bonds. The van der Waals surface area contributed by atoms with Crippen molar-refractivity contribution in [3.8, 4) is 0 Å². The van der Waals surface area contributed by atoms with Gasteiger partial charge in [0.2, 0.25) is 0 Å². The lowest BCUT2D eigenvalue weighted by molar-refractivity contribution is 0.00999. The highest BCUT2D eigenvalue weighted by Gasteiger charge is 2.31. The molecule has 1 aliphatic heterocycles. The van der Waals surface area contributed by atoms with Gasteiger partial charge in [-0.1, -0.05) is 5.21 Å². The van der Waals surface area contributed by atoms with Crippen molar-refractivity contribution in [2.45, 2.75) is 50.2 Å². The molecule has 1 aromatic carbocycles. The molecule has 0 radical (unpaired) electrons. The molecule has 4 rings (SSSR count). The summed E-state index contributed by atoms with van der Waals surface area (Å²) < 4.78 is 29.4. The van der Waals surface area contributed by atoms with E-state index >= 15 is 0 Å². The Morgan fingerprint density at radius 3 is 2.88 bits per heavy atom. The number of aliphatic hydroxyl groups is 1. The summed E-state index contributed by atoms with van der Waals surface area (Å²) in [6, 6.07) is 2.14. The van der Waals surface area contributed by atoms with Crippen LogP contribution in [-0.2, 0) is 12.8 Å². The van der Waals surface area contributed by atoms with Gasteiger partial charge in [-0.2, -0.15) is 0 Å². The second kappa shape index (κ2) is 6.46. The first-order valence-corrected chi connectivity index (χ1v) is 8.86. The second-order valence-electron chi connectivity index (χ2n) is 7.20. The van der Waals surface area contributed by atoms with Crippen molar-refractivity contribution in [3.63, 3.8) is 0 Å². The van der Waals surface area contributed by atoms with Crippen LogP contribution in [0, 0.1) is 11.6 Å². The monoisotopic (exact) mass is 348 g/mol. The minimum absolute atomic E-state index is 0.210. The number of halogens is 2. The number of piperidine rings is 1. The zero-order valence-electron chi connectivity index (χ0n) is 14.0.